The van der Waals surface area contributed by atoms with Crippen molar-refractivity contribution in [1.82, 2.24) is 4.98 Å². The fourth-order valence-electron chi connectivity index (χ4n) is 1.01. The molecular formula is C10H16N2O2. The lowest BCUT2D eigenvalue weighted by atomic mass is 10.4. The van der Waals surface area contributed by atoms with E-state index in [0.29, 0.717) is 24.8 Å². The first kappa shape index (κ1) is 10.8. The van der Waals surface area contributed by atoms with Gasteiger partial charge in [-0.2, -0.15) is 0 Å². The van der Waals surface area contributed by atoms with Gasteiger partial charge in [-0.3, -0.25) is 0 Å². The summed E-state index contributed by atoms with van der Waals surface area (Å²) in [4.78, 5) is 4.03. The normalized spacial score (nSPS) is 12.4. The highest BCUT2D eigenvalue weighted by atomic mass is 16.5. The van der Waals surface area contributed by atoms with Crippen LogP contribution in [0, 0.1) is 0 Å². The molecule has 1 rings (SSSR count). The Morgan fingerprint density at radius 3 is 3.00 bits per heavy atom. The zero-order valence-electron chi connectivity index (χ0n) is 8.56. The monoisotopic (exact) mass is 196 g/mol. The molecule has 1 aromatic rings. The second-order valence-corrected chi connectivity index (χ2v) is 3.02. The number of nitrogens with zero attached hydrogens (tertiary/aromatic N) is 1. The lowest BCUT2D eigenvalue weighted by Gasteiger charge is -2.13. The predicted molar refractivity (Wildman–Crippen MR) is 55.2 cm³/mol. The summed E-state index contributed by atoms with van der Waals surface area (Å²) < 4.78 is 10.7. The summed E-state index contributed by atoms with van der Waals surface area (Å²) in [5.41, 5.74) is 6.23. The molecule has 0 radical (unpaired) electrons. The van der Waals surface area contributed by atoms with E-state index in [1.807, 2.05) is 13.8 Å². The van der Waals surface area contributed by atoms with Crippen molar-refractivity contribution in [2.45, 2.75) is 20.0 Å². The van der Waals surface area contributed by atoms with E-state index in [9.17, 15) is 0 Å². The molecule has 0 aliphatic heterocycles. The smallest absolute Gasteiger partial charge is 0.215 e. The topological polar surface area (TPSA) is 57.4 Å². The van der Waals surface area contributed by atoms with Crippen LogP contribution < -0.4 is 10.5 Å². The molecule has 0 saturated carbocycles. The van der Waals surface area contributed by atoms with Crippen molar-refractivity contribution < 1.29 is 9.47 Å². The van der Waals surface area contributed by atoms with Gasteiger partial charge in [0.25, 0.3) is 0 Å². The Hall–Kier alpha value is -1.29. The molecule has 2 N–H and O–H groups in total. The standard InChI is InChI=1S/C10H16N2O2/c1-3-13-7-8(2)14-10-6-9(11)4-5-12-10/h4-6,8H,3,7H2,1-2H3,(H2,11,12). The van der Waals surface area contributed by atoms with Crippen LogP contribution in [-0.4, -0.2) is 24.3 Å². The highest BCUT2D eigenvalue weighted by molar-refractivity contribution is 5.39. The summed E-state index contributed by atoms with van der Waals surface area (Å²) in [5.74, 6) is 0.539. The number of anilines is 1. The Labute approximate surface area is 84.0 Å². The predicted octanol–water partition coefficient (Wildman–Crippen LogP) is 1.47. The van der Waals surface area contributed by atoms with Crippen LogP contribution in [-0.2, 0) is 4.74 Å². The third-order valence-electron chi connectivity index (χ3n) is 1.64. The molecule has 0 fully saturated rings. The van der Waals surface area contributed by atoms with E-state index in [4.69, 9.17) is 15.2 Å². The SMILES string of the molecule is CCOCC(C)Oc1cc(N)ccn1. The largest absolute Gasteiger partial charge is 0.472 e. The molecule has 0 saturated heterocycles. The molecule has 0 aliphatic rings. The van der Waals surface area contributed by atoms with Crippen LogP contribution in [0.2, 0.25) is 0 Å². The Bertz CT molecular complexity index is 279. The minimum atomic E-state index is -0.00995. The highest BCUT2D eigenvalue weighted by Crippen LogP contribution is 2.12. The van der Waals surface area contributed by atoms with E-state index >= 15 is 0 Å². The van der Waals surface area contributed by atoms with Gasteiger partial charge in [0.2, 0.25) is 5.88 Å². The first-order valence-electron chi connectivity index (χ1n) is 4.68. The molecule has 0 amide bonds. The van der Waals surface area contributed by atoms with Crippen molar-refractivity contribution in [2.24, 2.45) is 0 Å². The maximum Gasteiger partial charge on any atom is 0.215 e. The van der Waals surface area contributed by atoms with Crippen molar-refractivity contribution in [3.05, 3.63) is 18.3 Å². The van der Waals surface area contributed by atoms with Gasteiger partial charge in [0.15, 0.2) is 0 Å². The first-order valence-corrected chi connectivity index (χ1v) is 4.68. The van der Waals surface area contributed by atoms with Gasteiger partial charge in [-0.05, 0) is 19.9 Å². The van der Waals surface area contributed by atoms with Gasteiger partial charge in [0.05, 0.1) is 6.61 Å². The zero-order chi connectivity index (χ0) is 10.4. The summed E-state index contributed by atoms with van der Waals surface area (Å²) >= 11 is 0. The van der Waals surface area contributed by atoms with Crippen LogP contribution >= 0.6 is 0 Å². The number of hydrogen-bond donors (Lipinski definition) is 1. The van der Waals surface area contributed by atoms with Crippen LogP contribution in [0.4, 0.5) is 5.69 Å². The molecule has 78 valence electrons. The molecule has 0 aliphatic carbocycles. The van der Waals surface area contributed by atoms with Crippen LogP contribution in [0.15, 0.2) is 18.3 Å². The van der Waals surface area contributed by atoms with Crippen molar-refractivity contribution >= 4 is 5.69 Å². The molecule has 0 aromatic carbocycles. The van der Waals surface area contributed by atoms with Crippen LogP contribution in [0.3, 0.4) is 0 Å². The van der Waals surface area contributed by atoms with E-state index in [1.165, 1.54) is 0 Å². The highest BCUT2D eigenvalue weighted by Gasteiger charge is 2.04. The van der Waals surface area contributed by atoms with E-state index < -0.39 is 0 Å². The summed E-state index contributed by atoms with van der Waals surface area (Å²) in [6, 6.07) is 3.42. The van der Waals surface area contributed by atoms with Gasteiger partial charge in [-0.15, -0.1) is 0 Å². The number of rotatable bonds is 5. The number of nitrogens with two attached hydrogens (primary N) is 1. The van der Waals surface area contributed by atoms with E-state index in [2.05, 4.69) is 4.98 Å². The molecule has 0 bridgehead atoms. The Kier molecular flexibility index (Phi) is 4.19. The maximum atomic E-state index is 5.58. The van der Waals surface area contributed by atoms with Crippen LogP contribution in [0.5, 0.6) is 5.88 Å². The Morgan fingerprint density at radius 1 is 1.57 bits per heavy atom. The summed E-state index contributed by atoms with van der Waals surface area (Å²) in [7, 11) is 0. The average Bonchev–Trinajstić information content (AvgIpc) is 2.15. The second-order valence-electron chi connectivity index (χ2n) is 3.02. The molecule has 1 unspecified atom stereocenters. The Morgan fingerprint density at radius 2 is 2.36 bits per heavy atom. The third-order valence-corrected chi connectivity index (χ3v) is 1.64. The first-order chi connectivity index (χ1) is 6.72. The second kappa shape index (κ2) is 5.44. The van der Waals surface area contributed by atoms with E-state index in [1.54, 1.807) is 18.3 Å². The van der Waals surface area contributed by atoms with Crippen LogP contribution in [0.1, 0.15) is 13.8 Å². The molecule has 1 atom stereocenters. The zero-order valence-corrected chi connectivity index (χ0v) is 8.56. The van der Waals surface area contributed by atoms with E-state index in [-0.39, 0.29) is 6.10 Å². The van der Waals surface area contributed by atoms with Gasteiger partial charge in [0, 0.05) is 24.6 Å². The van der Waals surface area contributed by atoms with Crippen molar-refractivity contribution in [2.75, 3.05) is 18.9 Å². The molecule has 1 heterocycles. The van der Waals surface area contributed by atoms with Gasteiger partial charge in [-0.25, -0.2) is 4.98 Å². The number of aromatic nitrogens is 1. The van der Waals surface area contributed by atoms with Crippen molar-refractivity contribution in [1.29, 1.82) is 0 Å². The minimum Gasteiger partial charge on any atom is -0.472 e. The third kappa shape index (κ3) is 3.62. The van der Waals surface area contributed by atoms with Crippen molar-refractivity contribution in [3.8, 4) is 5.88 Å². The van der Waals surface area contributed by atoms with Gasteiger partial charge < -0.3 is 15.2 Å². The Balaban J connectivity index is 2.43. The molecule has 4 nitrogen and oxygen atoms in total. The average molecular weight is 196 g/mol. The fraction of sp³-hybridized carbons (Fsp3) is 0.500. The summed E-state index contributed by atoms with van der Waals surface area (Å²) in [6.45, 7) is 5.14. The lowest BCUT2D eigenvalue weighted by molar-refractivity contribution is 0.0634. The van der Waals surface area contributed by atoms with Gasteiger partial charge in [0.1, 0.15) is 6.10 Å². The van der Waals surface area contributed by atoms with Gasteiger partial charge >= 0.3 is 0 Å². The van der Waals surface area contributed by atoms with E-state index in [0.717, 1.165) is 0 Å². The van der Waals surface area contributed by atoms with Crippen molar-refractivity contribution in [3.63, 3.8) is 0 Å². The molecule has 4 heteroatoms. The van der Waals surface area contributed by atoms with Crippen LogP contribution in [0.25, 0.3) is 0 Å². The maximum absolute atomic E-state index is 5.58. The summed E-state index contributed by atoms with van der Waals surface area (Å²) in [5, 5.41) is 0. The van der Waals surface area contributed by atoms with Gasteiger partial charge in [-0.1, -0.05) is 0 Å². The molecule has 0 spiro atoms. The number of pyridine rings is 1. The number of nitrogen functional groups attached to an aromatic ring is 1. The molecule has 1 aromatic heterocycles. The number of hydrogen-bond acceptors (Lipinski definition) is 4. The minimum absolute atomic E-state index is 0.00995. The quantitative estimate of drug-likeness (QED) is 0.774. The number of ether oxygens (including phenoxy) is 2. The molecular weight excluding hydrogens is 180 g/mol. The fourth-order valence-corrected chi connectivity index (χ4v) is 1.01. The molecule has 14 heavy (non-hydrogen) atoms. The summed E-state index contributed by atoms with van der Waals surface area (Å²) in [6.07, 6.45) is 1.61. The lowest BCUT2D eigenvalue weighted by Crippen LogP contribution is -2.19.